The van der Waals surface area contributed by atoms with Crippen molar-refractivity contribution < 1.29 is 23.8 Å². The number of hydrogen-bond donors (Lipinski definition) is 0. The number of rotatable bonds is 3. The molecule has 0 atom stereocenters. The van der Waals surface area contributed by atoms with Gasteiger partial charge in [0.15, 0.2) is 12.4 Å². The highest BCUT2D eigenvalue weighted by Gasteiger charge is 2.41. The molecule has 1 spiro atoms. The van der Waals surface area contributed by atoms with E-state index < -0.39 is 5.79 Å². The molecule has 0 bridgehead atoms. The fourth-order valence-corrected chi connectivity index (χ4v) is 4.86. The van der Waals surface area contributed by atoms with Crippen LogP contribution in [0.5, 0.6) is 5.75 Å². The molecule has 8 nitrogen and oxygen atoms in total. The Morgan fingerprint density at radius 1 is 1.23 bits per heavy atom. The molecule has 1 aromatic heterocycles. The lowest BCUT2D eigenvalue weighted by Crippen LogP contribution is -2.47. The van der Waals surface area contributed by atoms with Crippen LogP contribution in [0.3, 0.4) is 0 Å². The number of ether oxygens (including phenoxy) is 3. The zero-order chi connectivity index (χ0) is 20.7. The normalized spacial score (nSPS) is 20.4. The summed E-state index contributed by atoms with van der Waals surface area (Å²) >= 11 is 1.39. The Labute approximate surface area is 178 Å². The predicted octanol–water partition coefficient (Wildman–Crippen LogP) is 2.36. The van der Waals surface area contributed by atoms with Crippen LogP contribution in [-0.4, -0.2) is 60.4 Å². The summed E-state index contributed by atoms with van der Waals surface area (Å²) in [6.07, 6.45) is 1.35. The Kier molecular flexibility index (Phi) is 4.96. The second kappa shape index (κ2) is 7.64. The van der Waals surface area contributed by atoms with Gasteiger partial charge in [-0.2, -0.15) is 0 Å². The Hall–Kier alpha value is -2.49. The van der Waals surface area contributed by atoms with E-state index in [1.165, 1.54) is 11.3 Å². The van der Waals surface area contributed by atoms with E-state index in [4.69, 9.17) is 14.2 Å². The number of thiazole rings is 1. The minimum atomic E-state index is -0.508. The summed E-state index contributed by atoms with van der Waals surface area (Å²) < 4.78 is 17.0. The van der Waals surface area contributed by atoms with Crippen molar-refractivity contribution in [2.24, 2.45) is 0 Å². The van der Waals surface area contributed by atoms with Gasteiger partial charge in [-0.05, 0) is 24.6 Å². The van der Waals surface area contributed by atoms with Gasteiger partial charge >= 0.3 is 0 Å². The summed E-state index contributed by atoms with van der Waals surface area (Å²) in [6.45, 7) is 4.70. The number of aromatic nitrogens is 1. The van der Waals surface area contributed by atoms with Crippen LogP contribution in [0.25, 0.3) is 0 Å². The zero-order valence-corrected chi connectivity index (χ0v) is 17.6. The number of benzene rings is 1. The van der Waals surface area contributed by atoms with Gasteiger partial charge in [-0.3, -0.25) is 14.5 Å². The number of amides is 2. The fraction of sp³-hybridized carbons (Fsp3) is 0.476. The second-order valence-corrected chi connectivity index (χ2v) is 8.71. The number of hydrogen-bond acceptors (Lipinski definition) is 7. The molecule has 0 radical (unpaired) electrons. The van der Waals surface area contributed by atoms with Gasteiger partial charge in [-0.1, -0.05) is 6.07 Å². The van der Waals surface area contributed by atoms with Crippen molar-refractivity contribution in [3.63, 3.8) is 0 Å². The highest BCUT2D eigenvalue weighted by Crippen LogP contribution is 2.35. The first-order valence-corrected chi connectivity index (χ1v) is 11.0. The van der Waals surface area contributed by atoms with Crippen molar-refractivity contribution >= 4 is 28.8 Å². The average Bonchev–Trinajstić information content (AvgIpc) is 3.40. The molecule has 30 heavy (non-hydrogen) atoms. The minimum absolute atomic E-state index is 0.00684. The van der Waals surface area contributed by atoms with Gasteiger partial charge < -0.3 is 19.1 Å². The van der Waals surface area contributed by atoms with Crippen LogP contribution in [0, 0.1) is 6.92 Å². The van der Waals surface area contributed by atoms with Crippen molar-refractivity contribution in [3.05, 3.63) is 39.8 Å². The summed E-state index contributed by atoms with van der Waals surface area (Å²) in [5.41, 5.74) is 2.21. The average molecular weight is 429 g/mol. The monoisotopic (exact) mass is 429 g/mol. The summed E-state index contributed by atoms with van der Waals surface area (Å²) in [5.74, 6) is -0.0257. The van der Waals surface area contributed by atoms with E-state index in [1.807, 2.05) is 25.1 Å². The number of nitrogens with zero attached hydrogens (tertiary/aromatic N) is 3. The zero-order valence-electron chi connectivity index (χ0n) is 16.8. The molecule has 3 aliphatic rings. The Morgan fingerprint density at radius 3 is 2.77 bits per heavy atom. The van der Waals surface area contributed by atoms with Gasteiger partial charge in [-0.15, -0.1) is 11.3 Å². The van der Waals surface area contributed by atoms with E-state index >= 15 is 0 Å². The van der Waals surface area contributed by atoms with Crippen molar-refractivity contribution in [1.82, 2.24) is 9.88 Å². The maximum absolute atomic E-state index is 12.9. The second-order valence-electron chi connectivity index (χ2n) is 7.77. The number of anilines is 1. The topological polar surface area (TPSA) is 81.2 Å². The van der Waals surface area contributed by atoms with E-state index in [0.717, 1.165) is 16.3 Å². The number of piperidine rings is 1. The molecule has 0 N–H and O–H groups in total. The maximum atomic E-state index is 12.9. The standard InChI is InChI=1S/C21H23N3O5S/c1-14-2-3-17-16(10-14)24(19(25)12-27-17)11-18-22-15(13-30-18)20(26)23-6-4-21(5-7-23)28-8-9-29-21/h2-3,10,13H,4-9,11-12H2,1H3. The molecule has 158 valence electrons. The van der Waals surface area contributed by atoms with E-state index in [-0.39, 0.29) is 18.4 Å². The molecule has 0 saturated carbocycles. The van der Waals surface area contributed by atoms with Crippen molar-refractivity contribution in [2.75, 3.05) is 37.8 Å². The molecule has 9 heteroatoms. The molecule has 4 heterocycles. The van der Waals surface area contributed by atoms with Crippen molar-refractivity contribution in [3.8, 4) is 5.75 Å². The third-order valence-corrected chi connectivity index (χ3v) is 6.58. The predicted molar refractivity (Wildman–Crippen MR) is 110 cm³/mol. The number of fused-ring (bicyclic) bond motifs is 1. The van der Waals surface area contributed by atoms with Gasteiger partial charge in [0, 0.05) is 31.3 Å². The van der Waals surface area contributed by atoms with Crippen LogP contribution >= 0.6 is 11.3 Å². The van der Waals surface area contributed by atoms with E-state index in [0.29, 0.717) is 57.1 Å². The minimum Gasteiger partial charge on any atom is -0.482 e. The quantitative estimate of drug-likeness (QED) is 0.745. The Morgan fingerprint density at radius 2 is 2.00 bits per heavy atom. The van der Waals surface area contributed by atoms with Crippen LogP contribution in [-0.2, 0) is 20.8 Å². The lowest BCUT2D eigenvalue weighted by atomic mass is 10.0. The SMILES string of the molecule is Cc1ccc2c(c1)N(Cc1nc(C(=O)N3CCC4(CC3)OCCO4)cs1)C(=O)CO2. The summed E-state index contributed by atoms with van der Waals surface area (Å²) in [4.78, 5) is 33.4. The first-order valence-electron chi connectivity index (χ1n) is 10.1. The number of aryl methyl sites for hydroxylation is 1. The molecule has 3 aliphatic heterocycles. The molecule has 2 saturated heterocycles. The Bertz CT molecular complexity index is 975. The van der Waals surface area contributed by atoms with Gasteiger partial charge in [0.2, 0.25) is 0 Å². The van der Waals surface area contributed by atoms with Crippen LogP contribution in [0.1, 0.15) is 33.9 Å². The summed E-state index contributed by atoms with van der Waals surface area (Å²) in [5, 5.41) is 2.49. The number of carbonyl (C=O) groups excluding carboxylic acids is 2. The van der Waals surface area contributed by atoms with Crippen molar-refractivity contribution in [2.45, 2.75) is 32.1 Å². The van der Waals surface area contributed by atoms with Gasteiger partial charge in [0.25, 0.3) is 11.8 Å². The van der Waals surface area contributed by atoms with Crippen LogP contribution in [0.15, 0.2) is 23.6 Å². The first kappa shape index (κ1) is 19.5. The lowest BCUT2D eigenvalue weighted by Gasteiger charge is -2.37. The van der Waals surface area contributed by atoms with Gasteiger partial charge in [0.1, 0.15) is 16.5 Å². The highest BCUT2D eigenvalue weighted by molar-refractivity contribution is 7.09. The van der Waals surface area contributed by atoms with Crippen LogP contribution in [0.2, 0.25) is 0 Å². The molecule has 0 unspecified atom stereocenters. The summed E-state index contributed by atoms with van der Waals surface area (Å²) in [6, 6.07) is 5.77. The largest absolute Gasteiger partial charge is 0.482 e. The maximum Gasteiger partial charge on any atom is 0.273 e. The molecule has 2 fully saturated rings. The Balaban J connectivity index is 1.28. The van der Waals surface area contributed by atoms with Crippen molar-refractivity contribution in [1.29, 1.82) is 0 Å². The number of carbonyl (C=O) groups is 2. The fourth-order valence-electron chi connectivity index (χ4n) is 4.10. The third kappa shape index (κ3) is 3.57. The van der Waals surface area contributed by atoms with Gasteiger partial charge in [-0.25, -0.2) is 4.98 Å². The number of likely N-dealkylation sites (tertiary alicyclic amines) is 1. The lowest BCUT2D eigenvalue weighted by molar-refractivity contribution is -0.181. The van der Waals surface area contributed by atoms with E-state index in [1.54, 1.807) is 15.2 Å². The molecular weight excluding hydrogens is 406 g/mol. The van der Waals surface area contributed by atoms with Crippen LogP contribution in [0.4, 0.5) is 5.69 Å². The molecule has 5 rings (SSSR count). The van der Waals surface area contributed by atoms with Crippen LogP contribution < -0.4 is 9.64 Å². The molecule has 2 aromatic rings. The smallest absolute Gasteiger partial charge is 0.273 e. The van der Waals surface area contributed by atoms with Gasteiger partial charge in [0.05, 0.1) is 25.4 Å². The molecule has 0 aliphatic carbocycles. The molecular formula is C21H23N3O5S. The summed E-state index contributed by atoms with van der Waals surface area (Å²) in [7, 11) is 0. The molecule has 1 aromatic carbocycles. The highest BCUT2D eigenvalue weighted by atomic mass is 32.1. The van der Waals surface area contributed by atoms with E-state index in [9.17, 15) is 9.59 Å². The molecule has 2 amide bonds. The third-order valence-electron chi connectivity index (χ3n) is 5.75. The van der Waals surface area contributed by atoms with E-state index in [2.05, 4.69) is 4.98 Å². The first-order chi connectivity index (χ1) is 14.5.